The molecular formula is C21H30ClFN4O3. The number of nitrogens with one attached hydrogen (secondary N) is 2. The molecule has 2 amide bonds. The molecule has 2 aliphatic rings. The molecule has 0 radical (unpaired) electrons. The number of piperidine rings is 1. The van der Waals surface area contributed by atoms with Gasteiger partial charge in [-0.15, -0.1) is 0 Å². The zero-order chi connectivity index (χ0) is 21.7. The second kappa shape index (κ2) is 10.4. The second-order valence-electron chi connectivity index (χ2n) is 7.68. The van der Waals surface area contributed by atoms with Crippen molar-refractivity contribution >= 4 is 23.4 Å². The van der Waals surface area contributed by atoms with Gasteiger partial charge in [0.2, 0.25) is 5.91 Å². The van der Waals surface area contributed by atoms with Crippen molar-refractivity contribution in [3.05, 3.63) is 29.0 Å². The molecule has 0 spiro atoms. The first-order chi connectivity index (χ1) is 14.5. The van der Waals surface area contributed by atoms with Crippen molar-refractivity contribution < 1.29 is 18.7 Å². The molecule has 2 N–H and O–H groups in total. The highest BCUT2D eigenvalue weighted by Crippen LogP contribution is 2.27. The fourth-order valence-corrected chi connectivity index (χ4v) is 4.49. The molecule has 2 saturated heterocycles. The Morgan fingerprint density at radius 3 is 2.77 bits per heavy atom. The summed E-state index contributed by atoms with van der Waals surface area (Å²) in [5.41, 5.74) is 6.36. The molecular weight excluding hydrogens is 411 g/mol. The molecule has 3 atom stereocenters. The van der Waals surface area contributed by atoms with Gasteiger partial charge in [0.05, 0.1) is 17.0 Å². The Balaban J connectivity index is 1.68. The van der Waals surface area contributed by atoms with Crippen LogP contribution in [0.15, 0.2) is 18.2 Å². The molecule has 3 unspecified atom stereocenters. The summed E-state index contributed by atoms with van der Waals surface area (Å²) < 4.78 is 18.9. The average Bonchev–Trinajstić information content (AvgIpc) is 3.25. The highest BCUT2D eigenvalue weighted by atomic mass is 35.5. The number of likely N-dealkylation sites (tertiary alicyclic amines) is 1. The summed E-state index contributed by atoms with van der Waals surface area (Å²) in [5, 5.41) is -0.0465. The number of benzene rings is 1. The van der Waals surface area contributed by atoms with E-state index in [9.17, 15) is 14.0 Å². The third-order valence-electron chi connectivity index (χ3n) is 5.95. The van der Waals surface area contributed by atoms with Crippen molar-refractivity contribution in [1.29, 1.82) is 0 Å². The van der Waals surface area contributed by atoms with Crippen molar-refractivity contribution in [2.75, 3.05) is 32.8 Å². The molecule has 0 saturated carbocycles. The Labute approximate surface area is 181 Å². The van der Waals surface area contributed by atoms with E-state index < -0.39 is 5.82 Å². The number of rotatable bonds is 7. The molecule has 7 nitrogen and oxygen atoms in total. The lowest BCUT2D eigenvalue weighted by molar-refractivity contribution is -0.141. The summed E-state index contributed by atoms with van der Waals surface area (Å²) in [4.78, 5) is 29.6. The molecule has 0 aromatic heterocycles. The monoisotopic (exact) mass is 440 g/mol. The number of hydrazine groups is 1. The van der Waals surface area contributed by atoms with Gasteiger partial charge in [-0.2, -0.15) is 0 Å². The Bertz CT molecular complexity index is 762. The first kappa shape index (κ1) is 22.8. The van der Waals surface area contributed by atoms with E-state index in [1.165, 1.54) is 18.2 Å². The van der Waals surface area contributed by atoms with E-state index in [0.717, 1.165) is 19.3 Å². The lowest BCUT2D eigenvalue weighted by atomic mass is 9.87. The summed E-state index contributed by atoms with van der Waals surface area (Å²) in [7, 11) is 0. The van der Waals surface area contributed by atoms with E-state index in [4.69, 9.17) is 16.3 Å². The van der Waals surface area contributed by atoms with Gasteiger partial charge in [-0.05, 0) is 45.2 Å². The van der Waals surface area contributed by atoms with Gasteiger partial charge in [0.15, 0.2) is 6.61 Å². The molecule has 2 fully saturated rings. The minimum Gasteiger partial charge on any atom is -0.484 e. The Kier molecular flexibility index (Phi) is 7.91. The Morgan fingerprint density at radius 1 is 1.30 bits per heavy atom. The molecule has 0 bridgehead atoms. The van der Waals surface area contributed by atoms with E-state index >= 15 is 0 Å². The van der Waals surface area contributed by atoms with Gasteiger partial charge >= 0.3 is 0 Å². The fraction of sp³-hybridized carbons (Fsp3) is 0.619. The summed E-state index contributed by atoms with van der Waals surface area (Å²) in [6.07, 6.45) is 2.75. The third-order valence-corrected chi connectivity index (χ3v) is 6.24. The quantitative estimate of drug-likeness (QED) is 0.680. The predicted molar refractivity (Wildman–Crippen MR) is 113 cm³/mol. The maximum absolute atomic E-state index is 13.3. The zero-order valence-electron chi connectivity index (χ0n) is 17.5. The molecule has 0 aliphatic carbocycles. The van der Waals surface area contributed by atoms with E-state index in [-0.39, 0.29) is 41.4 Å². The molecule has 1 aromatic carbocycles. The molecule has 166 valence electrons. The summed E-state index contributed by atoms with van der Waals surface area (Å²) >= 11 is 5.78. The van der Waals surface area contributed by atoms with Gasteiger partial charge in [-0.1, -0.05) is 11.6 Å². The van der Waals surface area contributed by atoms with E-state index in [2.05, 4.69) is 10.9 Å². The normalized spacial score (nSPS) is 24.0. The van der Waals surface area contributed by atoms with Crippen LogP contribution in [0, 0.1) is 11.7 Å². The van der Waals surface area contributed by atoms with Gasteiger partial charge in [0, 0.05) is 38.3 Å². The van der Waals surface area contributed by atoms with E-state index in [1.807, 2.05) is 23.6 Å². The number of halogens is 2. The molecule has 2 aliphatic heterocycles. The van der Waals surface area contributed by atoms with Gasteiger partial charge in [0.1, 0.15) is 11.6 Å². The van der Waals surface area contributed by atoms with Gasteiger partial charge in [-0.25, -0.2) is 4.39 Å². The number of hydrogen-bond acceptors (Lipinski definition) is 5. The van der Waals surface area contributed by atoms with Crippen LogP contribution in [0.2, 0.25) is 5.02 Å². The van der Waals surface area contributed by atoms with Crippen LogP contribution >= 0.6 is 11.6 Å². The van der Waals surface area contributed by atoms with Crippen LogP contribution < -0.4 is 15.6 Å². The SMILES string of the molecule is CCN(CC)C(=O)C1CNNC1C1CCCCN1C(=O)COc1ccc(F)c(Cl)c1. The van der Waals surface area contributed by atoms with Crippen molar-refractivity contribution in [1.82, 2.24) is 20.7 Å². The van der Waals surface area contributed by atoms with Crippen LogP contribution in [-0.4, -0.2) is 66.5 Å². The highest BCUT2D eigenvalue weighted by Gasteiger charge is 2.43. The minimum absolute atomic E-state index is 0.0465. The number of carbonyl (C=O) groups excluding carboxylic acids is 2. The van der Waals surface area contributed by atoms with Gasteiger partial charge in [-0.3, -0.25) is 20.4 Å². The van der Waals surface area contributed by atoms with E-state index in [1.54, 1.807) is 0 Å². The van der Waals surface area contributed by atoms with Gasteiger partial charge < -0.3 is 14.5 Å². The topological polar surface area (TPSA) is 73.9 Å². The van der Waals surface area contributed by atoms with Crippen LogP contribution in [0.4, 0.5) is 4.39 Å². The summed E-state index contributed by atoms with van der Waals surface area (Å²) in [6, 6.07) is 3.78. The lowest BCUT2D eigenvalue weighted by Crippen LogP contribution is -2.58. The number of ether oxygens (including phenoxy) is 1. The van der Waals surface area contributed by atoms with Crippen LogP contribution in [0.25, 0.3) is 0 Å². The second-order valence-corrected chi connectivity index (χ2v) is 8.09. The summed E-state index contributed by atoms with van der Waals surface area (Å²) in [6.45, 7) is 6.29. The van der Waals surface area contributed by atoms with Crippen molar-refractivity contribution in [3.8, 4) is 5.75 Å². The number of nitrogens with zero attached hydrogens (tertiary/aromatic N) is 2. The molecule has 3 rings (SSSR count). The first-order valence-corrected chi connectivity index (χ1v) is 11.0. The zero-order valence-corrected chi connectivity index (χ0v) is 18.3. The van der Waals surface area contributed by atoms with Crippen LogP contribution in [0.3, 0.4) is 0 Å². The molecule has 30 heavy (non-hydrogen) atoms. The van der Waals surface area contributed by atoms with Crippen LogP contribution in [0.1, 0.15) is 33.1 Å². The molecule has 9 heteroatoms. The number of carbonyl (C=O) groups is 2. The van der Waals surface area contributed by atoms with E-state index in [0.29, 0.717) is 31.9 Å². The average molecular weight is 441 g/mol. The number of hydrogen-bond donors (Lipinski definition) is 2. The maximum Gasteiger partial charge on any atom is 0.260 e. The van der Waals surface area contributed by atoms with Gasteiger partial charge in [0.25, 0.3) is 5.91 Å². The maximum atomic E-state index is 13.3. The molecule has 1 aromatic rings. The van der Waals surface area contributed by atoms with Crippen molar-refractivity contribution in [3.63, 3.8) is 0 Å². The minimum atomic E-state index is -0.532. The standard InChI is InChI=1S/C21H30ClFN4O3/c1-3-26(4-2)21(29)15-12-24-25-20(15)18-7-5-6-10-27(18)19(28)13-30-14-8-9-17(23)16(22)11-14/h8-9,11,15,18,20,24-25H,3-7,10,12-13H2,1-2H3. The Morgan fingerprint density at radius 2 is 2.07 bits per heavy atom. The van der Waals surface area contributed by atoms with Crippen LogP contribution in [0.5, 0.6) is 5.75 Å². The smallest absolute Gasteiger partial charge is 0.260 e. The Hall–Kier alpha value is -1.90. The van der Waals surface area contributed by atoms with Crippen molar-refractivity contribution in [2.45, 2.75) is 45.2 Å². The first-order valence-electron chi connectivity index (χ1n) is 10.6. The fourth-order valence-electron chi connectivity index (χ4n) is 4.32. The largest absolute Gasteiger partial charge is 0.484 e. The lowest BCUT2D eigenvalue weighted by Gasteiger charge is -2.41. The van der Waals surface area contributed by atoms with Crippen molar-refractivity contribution in [2.24, 2.45) is 5.92 Å². The number of amides is 2. The third kappa shape index (κ3) is 5.04. The molecule has 2 heterocycles. The predicted octanol–water partition coefficient (Wildman–Crippen LogP) is 2.20. The summed E-state index contributed by atoms with van der Waals surface area (Å²) in [5.74, 6) is -0.450. The van der Waals surface area contributed by atoms with Crippen LogP contribution in [-0.2, 0) is 9.59 Å². The highest BCUT2D eigenvalue weighted by molar-refractivity contribution is 6.30.